The first-order valence-electron chi connectivity index (χ1n) is 7.53. The summed E-state index contributed by atoms with van der Waals surface area (Å²) in [7, 11) is 0. The third-order valence-electron chi connectivity index (χ3n) is 3.63. The number of carbonyl (C=O) groups is 1. The van der Waals surface area contributed by atoms with Gasteiger partial charge in [-0.1, -0.05) is 41.4 Å². The normalized spacial score (nSPS) is 11.6. The van der Waals surface area contributed by atoms with E-state index in [0.717, 1.165) is 11.1 Å². The van der Waals surface area contributed by atoms with Gasteiger partial charge < -0.3 is 10.6 Å². The molecule has 0 aliphatic rings. The molecule has 3 N–H and O–H groups in total. The van der Waals surface area contributed by atoms with Gasteiger partial charge in [-0.25, -0.2) is 0 Å². The number of carbonyl (C=O) groups excluding carboxylic acids is 1. The largest absolute Gasteiger partial charge is 0.332 e. The van der Waals surface area contributed by atoms with E-state index in [1.165, 1.54) is 0 Å². The van der Waals surface area contributed by atoms with Gasteiger partial charge in [-0.2, -0.15) is 5.26 Å². The minimum atomic E-state index is -0.0973. The highest BCUT2D eigenvalue weighted by Gasteiger charge is 2.15. The second-order valence-corrected chi connectivity index (χ2v) is 6.32. The van der Waals surface area contributed by atoms with Gasteiger partial charge in [0.2, 0.25) is 0 Å². The van der Waals surface area contributed by atoms with Crippen LogP contribution < -0.4 is 10.6 Å². The number of hydrogen-bond donors (Lipinski definition) is 2. The van der Waals surface area contributed by atoms with Crippen LogP contribution in [0.3, 0.4) is 0 Å². The lowest BCUT2D eigenvalue weighted by molar-refractivity contribution is -0.682. The first-order valence-corrected chi connectivity index (χ1v) is 8.29. The van der Waals surface area contributed by atoms with E-state index < -0.39 is 0 Å². The summed E-state index contributed by atoms with van der Waals surface area (Å²) in [5.41, 5.74) is 2.58. The first kappa shape index (κ1) is 18.3. The molecule has 0 radical (unpaired) electrons. The lowest BCUT2D eigenvalue weighted by Crippen LogP contribution is -2.86. The van der Waals surface area contributed by atoms with E-state index in [1.807, 2.05) is 30.4 Å². The van der Waals surface area contributed by atoms with Crippen LogP contribution in [0.4, 0.5) is 5.69 Å². The Morgan fingerprint density at radius 3 is 2.58 bits per heavy atom. The number of anilines is 1. The van der Waals surface area contributed by atoms with E-state index in [0.29, 0.717) is 22.2 Å². The molecular weight excluding hydrogens is 345 g/mol. The van der Waals surface area contributed by atoms with Gasteiger partial charge in [-0.3, -0.25) is 4.79 Å². The number of nitrogens with two attached hydrogens (primary N) is 1. The third kappa shape index (κ3) is 5.24. The van der Waals surface area contributed by atoms with Crippen molar-refractivity contribution in [2.24, 2.45) is 0 Å². The molecule has 0 fully saturated rings. The maximum atomic E-state index is 12.0. The smallest absolute Gasteiger partial charge is 0.279 e. The molecule has 4 nitrogen and oxygen atoms in total. The molecular formula is C18H18Cl2N3O+. The number of nitriles is 1. The summed E-state index contributed by atoms with van der Waals surface area (Å²) in [4.78, 5) is 12.0. The maximum absolute atomic E-state index is 12.0. The van der Waals surface area contributed by atoms with Crippen molar-refractivity contribution in [3.63, 3.8) is 0 Å². The molecule has 0 saturated carbocycles. The molecule has 2 aromatic rings. The maximum Gasteiger partial charge on any atom is 0.279 e. The summed E-state index contributed by atoms with van der Waals surface area (Å²) in [6.45, 7) is 2.26. The second-order valence-electron chi connectivity index (χ2n) is 5.47. The Hall–Kier alpha value is -2.06. The fourth-order valence-electron chi connectivity index (χ4n) is 2.29. The number of rotatable bonds is 6. The van der Waals surface area contributed by atoms with Crippen LogP contribution in [-0.4, -0.2) is 12.5 Å². The molecule has 6 heteroatoms. The zero-order valence-corrected chi connectivity index (χ0v) is 14.7. The summed E-state index contributed by atoms with van der Waals surface area (Å²) >= 11 is 12.1. The Morgan fingerprint density at radius 2 is 1.96 bits per heavy atom. The van der Waals surface area contributed by atoms with Crippen LogP contribution in [0.1, 0.15) is 24.1 Å². The summed E-state index contributed by atoms with van der Waals surface area (Å²) in [6.07, 6.45) is 0.362. The zero-order valence-electron chi connectivity index (χ0n) is 13.2. The Balaban J connectivity index is 1.87. The molecule has 2 aromatic carbocycles. The van der Waals surface area contributed by atoms with Crippen LogP contribution in [0, 0.1) is 11.3 Å². The number of hydrogen-bond acceptors (Lipinski definition) is 2. The van der Waals surface area contributed by atoms with Crippen molar-refractivity contribution < 1.29 is 10.1 Å². The van der Waals surface area contributed by atoms with Crippen LogP contribution in [0.2, 0.25) is 10.0 Å². The Bertz CT molecular complexity index is 754. The van der Waals surface area contributed by atoms with E-state index in [1.54, 1.807) is 24.3 Å². The van der Waals surface area contributed by atoms with Crippen molar-refractivity contribution in [3.8, 4) is 6.07 Å². The average molecular weight is 363 g/mol. The lowest BCUT2D eigenvalue weighted by atomic mass is 10.1. The van der Waals surface area contributed by atoms with Crippen LogP contribution in [0.5, 0.6) is 0 Å². The lowest BCUT2D eigenvalue weighted by Gasteiger charge is -2.13. The molecule has 2 rings (SSSR count). The van der Waals surface area contributed by atoms with Crippen molar-refractivity contribution in [1.82, 2.24) is 0 Å². The summed E-state index contributed by atoms with van der Waals surface area (Å²) < 4.78 is 0. The van der Waals surface area contributed by atoms with Gasteiger partial charge in [0.05, 0.1) is 17.5 Å². The number of halogens is 2. The van der Waals surface area contributed by atoms with Gasteiger partial charge in [0.1, 0.15) is 6.04 Å². The van der Waals surface area contributed by atoms with Crippen LogP contribution in [-0.2, 0) is 11.2 Å². The van der Waals surface area contributed by atoms with Gasteiger partial charge in [-0.05, 0) is 36.8 Å². The van der Waals surface area contributed by atoms with E-state index in [4.69, 9.17) is 28.5 Å². The van der Waals surface area contributed by atoms with Crippen molar-refractivity contribution in [1.29, 1.82) is 5.26 Å². The SMILES string of the molecule is C[C@@H]([NH2+]CC(=O)Nc1ccc(CC#N)cc1)c1ccc(Cl)cc1Cl. The predicted octanol–water partition coefficient (Wildman–Crippen LogP) is 3.32. The van der Waals surface area contributed by atoms with Crippen LogP contribution >= 0.6 is 23.2 Å². The highest BCUT2D eigenvalue weighted by atomic mass is 35.5. The number of quaternary nitrogens is 1. The molecule has 0 spiro atoms. The van der Waals surface area contributed by atoms with Crippen LogP contribution in [0.25, 0.3) is 0 Å². The average Bonchev–Trinajstić information content (AvgIpc) is 2.55. The fraction of sp³-hybridized carbons (Fsp3) is 0.222. The van der Waals surface area contributed by atoms with Gasteiger partial charge in [0.25, 0.3) is 5.91 Å². The molecule has 0 bridgehead atoms. The number of nitrogens with zero attached hydrogens (tertiary/aromatic N) is 1. The second kappa shape index (κ2) is 8.70. The van der Waals surface area contributed by atoms with Gasteiger partial charge in [-0.15, -0.1) is 0 Å². The molecule has 0 heterocycles. The molecule has 0 aliphatic heterocycles. The molecule has 0 aliphatic carbocycles. The minimum Gasteiger partial charge on any atom is -0.332 e. The highest BCUT2D eigenvalue weighted by molar-refractivity contribution is 6.35. The van der Waals surface area contributed by atoms with Crippen molar-refractivity contribution >= 4 is 34.8 Å². The third-order valence-corrected chi connectivity index (χ3v) is 4.19. The number of benzene rings is 2. The Morgan fingerprint density at radius 1 is 1.25 bits per heavy atom. The first-order chi connectivity index (χ1) is 11.5. The summed E-state index contributed by atoms with van der Waals surface area (Å²) in [5, 5.41) is 14.6. The topological polar surface area (TPSA) is 69.5 Å². The predicted molar refractivity (Wildman–Crippen MR) is 96.1 cm³/mol. The Labute approximate surface area is 151 Å². The van der Waals surface area contributed by atoms with E-state index in [9.17, 15) is 4.79 Å². The van der Waals surface area contributed by atoms with Gasteiger partial charge >= 0.3 is 0 Å². The molecule has 124 valence electrons. The van der Waals surface area contributed by atoms with Crippen molar-refractivity contribution in [2.45, 2.75) is 19.4 Å². The van der Waals surface area contributed by atoms with Gasteiger partial charge in [0.15, 0.2) is 6.54 Å². The van der Waals surface area contributed by atoms with E-state index in [2.05, 4.69) is 11.4 Å². The Kier molecular flexibility index (Phi) is 6.62. The quantitative estimate of drug-likeness (QED) is 0.827. The van der Waals surface area contributed by atoms with Crippen molar-refractivity contribution in [3.05, 3.63) is 63.6 Å². The van der Waals surface area contributed by atoms with E-state index >= 15 is 0 Å². The monoisotopic (exact) mass is 362 g/mol. The molecule has 1 atom stereocenters. The van der Waals surface area contributed by atoms with Crippen LogP contribution in [0.15, 0.2) is 42.5 Å². The minimum absolute atomic E-state index is 0.0403. The number of amides is 1. The fourth-order valence-corrected chi connectivity index (χ4v) is 2.87. The van der Waals surface area contributed by atoms with Gasteiger partial charge in [0, 0.05) is 16.3 Å². The zero-order chi connectivity index (χ0) is 17.5. The molecule has 1 amide bonds. The summed E-state index contributed by atoms with van der Waals surface area (Å²) in [5.74, 6) is -0.0973. The molecule has 24 heavy (non-hydrogen) atoms. The molecule has 0 unspecified atom stereocenters. The molecule has 0 aromatic heterocycles. The van der Waals surface area contributed by atoms with E-state index in [-0.39, 0.29) is 18.5 Å². The number of nitrogens with one attached hydrogen (secondary N) is 1. The standard InChI is InChI=1S/C18H17Cl2N3O/c1-12(16-7-4-14(19)10-17(16)20)22-11-18(24)23-15-5-2-13(3-6-15)8-9-21/h2-7,10,12,22H,8,11H2,1H3,(H,23,24)/p+1/t12-/m1/s1. The molecule has 0 saturated heterocycles. The highest BCUT2D eigenvalue weighted by Crippen LogP contribution is 2.24. The summed E-state index contributed by atoms with van der Waals surface area (Å²) in [6, 6.07) is 14.7. The van der Waals surface area contributed by atoms with Crippen molar-refractivity contribution in [2.75, 3.05) is 11.9 Å².